The van der Waals surface area contributed by atoms with E-state index >= 15 is 0 Å². The molecule has 1 aliphatic carbocycles. The SMILES string of the molecule is Cn1ccnc1C(F)(F)C(=O)NC(c1nc2ccccc2[nH]1)C1CCCCC1. The maximum Gasteiger partial charge on any atom is 0.381 e. The van der Waals surface area contributed by atoms with Crippen molar-refractivity contribution >= 4 is 16.9 Å². The number of halogens is 2. The molecule has 6 nitrogen and oxygen atoms in total. The van der Waals surface area contributed by atoms with Crippen LogP contribution in [0.2, 0.25) is 0 Å². The fraction of sp³-hybridized carbons (Fsp3) is 0.450. The highest BCUT2D eigenvalue weighted by Gasteiger charge is 2.46. The smallest absolute Gasteiger partial charge is 0.340 e. The van der Waals surface area contributed by atoms with Crippen LogP contribution in [0, 0.1) is 5.92 Å². The fourth-order valence-electron chi connectivity index (χ4n) is 4.00. The first-order valence-corrected chi connectivity index (χ1v) is 9.58. The second-order valence-electron chi connectivity index (χ2n) is 7.42. The molecule has 2 heterocycles. The minimum absolute atomic E-state index is 0.0652. The number of nitrogens with zero attached hydrogens (tertiary/aromatic N) is 3. The summed E-state index contributed by atoms with van der Waals surface area (Å²) in [6, 6.07) is 6.90. The van der Waals surface area contributed by atoms with Crippen molar-refractivity contribution in [2.75, 3.05) is 0 Å². The molecule has 1 fully saturated rings. The Morgan fingerprint density at radius 1 is 1.29 bits per heavy atom. The van der Waals surface area contributed by atoms with E-state index in [2.05, 4.69) is 20.3 Å². The zero-order valence-corrected chi connectivity index (χ0v) is 15.7. The van der Waals surface area contributed by atoms with Crippen molar-refractivity contribution in [3.63, 3.8) is 0 Å². The number of carbonyl (C=O) groups is 1. The zero-order valence-electron chi connectivity index (χ0n) is 15.7. The molecule has 4 rings (SSSR count). The highest BCUT2D eigenvalue weighted by atomic mass is 19.3. The molecule has 2 N–H and O–H groups in total. The molecule has 148 valence electrons. The molecular formula is C20H23F2N5O. The van der Waals surface area contributed by atoms with Crippen molar-refractivity contribution in [3.8, 4) is 0 Å². The molecule has 1 unspecified atom stereocenters. The summed E-state index contributed by atoms with van der Waals surface area (Å²) in [4.78, 5) is 24.0. The number of aromatic amines is 1. The van der Waals surface area contributed by atoms with Gasteiger partial charge in [0.1, 0.15) is 5.82 Å². The van der Waals surface area contributed by atoms with Crippen molar-refractivity contribution in [2.24, 2.45) is 13.0 Å². The molecule has 0 bridgehead atoms. The standard InChI is InChI=1S/C20H23F2N5O/c1-27-12-11-23-18(27)20(21,22)19(28)26-16(13-7-3-2-4-8-13)17-24-14-9-5-6-10-15(14)25-17/h5-6,9-13,16H,2-4,7-8H2,1H3,(H,24,25)(H,26,28). The molecule has 0 spiro atoms. The highest BCUT2D eigenvalue weighted by molar-refractivity contribution is 5.84. The molecule has 8 heteroatoms. The summed E-state index contributed by atoms with van der Waals surface area (Å²) in [6.45, 7) is 0. The number of carbonyl (C=O) groups excluding carboxylic acids is 1. The third-order valence-electron chi connectivity index (χ3n) is 5.50. The summed E-state index contributed by atoms with van der Waals surface area (Å²) < 4.78 is 30.7. The van der Waals surface area contributed by atoms with Crippen LogP contribution < -0.4 is 5.32 Å². The van der Waals surface area contributed by atoms with E-state index in [0.717, 1.165) is 47.7 Å². The van der Waals surface area contributed by atoms with Crippen molar-refractivity contribution < 1.29 is 13.6 Å². The van der Waals surface area contributed by atoms with Crippen LogP contribution >= 0.6 is 0 Å². The summed E-state index contributed by atoms with van der Waals surface area (Å²) in [7, 11) is 1.45. The number of amides is 1. The average Bonchev–Trinajstić information content (AvgIpc) is 3.32. The number of hydrogen-bond donors (Lipinski definition) is 2. The highest BCUT2D eigenvalue weighted by Crippen LogP contribution is 2.36. The second-order valence-corrected chi connectivity index (χ2v) is 7.42. The van der Waals surface area contributed by atoms with Gasteiger partial charge in [0, 0.05) is 19.4 Å². The van der Waals surface area contributed by atoms with Crippen molar-refractivity contribution in [3.05, 3.63) is 48.3 Å². The number of aromatic nitrogens is 4. The molecule has 3 aromatic rings. The van der Waals surface area contributed by atoms with Crippen LogP contribution in [0.25, 0.3) is 11.0 Å². The normalized spacial score (nSPS) is 17.0. The van der Waals surface area contributed by atoms with Gasteiger partial charge in [-0.1, -0.05) is 31.4 Å². The Bertz CT molecular complexity index is 941. The summed E-state index contributed by atoms with van der Waals surface area (Å²) in [6.07, 6.45) is 7.56. The van der Waals surface area contributed by atoms with Gasteiger partial charge >= 0.3 is 5.92 Å². The van der Waals surface area contributed by atoms with Gasteiger partial charge in [-0.2, -0.15) is 8.78 Å². The van der Waals surface area contributed by atoms with Gasteiger partial charge in [0.15, 0.2) is 5.82 Å². The van der Waals surface area contributed by atoms with Gasteiger partial charge < -0.3 is 14.9 Å². The first kappa shape index (κ1) is 18.6. The Morgan fingerprint density at radius 2 is 2.04 bits per heavy atom. The van der Waals surface area contributed by atoms with Crippen molar-refractivity contribution in [1.82, 2.24) is 24.8 Å². The summed E-state index contributed by atoms with van der Waals surface area (Å²) >= 11 is 0. The number of hydrogen-bond acceptors (Lipinski definition) is 3. The van der Waals surface area contributed by atoms with Crippen LogP contribution in [-0.4, -0.2) is 25.4 Å². The predicted molar refractivity (Wildman–Crippen MR) is 101 cm³/mol. The van der Waals surface area contributed by atoms with Gasteiger partial charge in [0.05, 0.1) is 17.1 Å². The molecule has 28 heavy (non-hydrogen) atoms. The quantitative estimate of drug-likeness (QED) is 0.699. The van der Waals surface area contributed by atoms with E-state index in [9.17, 15) is 13.6 Å². The topological polar surface area (TPSA) is 75.6 Å². The number of benzene rings is 1. The Morgan fingerprint density at radius 3 is 2.71 bits per heavy atom. The third-order valence-corrected chi connectivity index (χ3v) is 5.50. The van der Waals surface area contributed by atoms with Crippen LogP contribution in [0.4, 0.5) is 8.78 Å². The third kappa shape index (κ3) is 3.39. The van der Waals surface area contributed by atoms with Gasteiger partial charge in [-0.15, -0.1) is 0 Å². The number of aryl methyl sites for hydroxylation is 1. The largest absolute Gasteiger partial charge is 0.381 e. The molecule has 1 aromatic carbocycles. The summed E-state index contributed by atoms with van der Waals surface area (Å²) in [5.74, 6) is -5.06. The molecule has 0 saturated heterocycles. The van der Waals surface area contributed by atoms with Gasteiger partial charge in [-0.3, -0.25) is 4.79 Å². The first-order chi connectivity index (χ1) is 13.5. The number of alkyl halides is 2. The van der Waals surface area contributed by atoms with Crippen molar-refractivity contribution in [1.29, 1.82) is 0 Å². The number of imidazole rings is 2. The minimum Gasteiger partial charge on any atom is -0.340 e. The van der Waals surface area contributed by atoms with Crippen molar-refractivity contribution in [2.45, 2.75) is 44.1 Å². The van der Waals surface area contributed by atoms with Gasteiger partial charge in [0.25, 0.3) is 5.91 Å². The Hall–Kier alpha value is -2.77. The zero-order chi connectivity index (χ0) is 19.7. The van der Waals surface area contributed by atoms with Crippen LogP contribution in [0.5, 0.6) is 0 Å². The lowest BCUT2D eigenvalue weighted by Crippen LogP contribution is -2.44. The van der Waals surface area contributed by atoms with E-state index in [-0.39, 0.29) is 5.92 Å². The molecule has 1 amide bonds. The van der Waals surface area contributed by atoms with Crippen LogP contribution in [-0.2, 0) is 17.8 Å². The first-order valence-electron chi connectivity index (χ1n) is 9.58. The molecule has 0 radical (unpaired) electrons. The van der Waals surface area contributed by atoms with E-state index in [4.69, 9.17) is 0 Å². The minimum atomic E-state index is -3.73. The van der Waals surface area contributed by atoms with E-state index < -0.39 is 23.7 Å². The molecule has 0 aliphatic heterocycles. The maximum absolute atomic E-state index is 14.8. The molecule has 1 aliphatic rings. The number of H-pyrrole nitrogens is 1. The van der Waals surface area contributed by atoms with E-state index in [1.807, 2.05) is 24.3 Å². The lowest BCUT2D eigenvalue weighted by atomic mass is 9.83. The lowest BCUT2D eigenvalue weighted by Gasteiger charge is -2.30. The molecular weight excluding hydrogens is 364 g/mol. The van der Waals surface area contributed by atoms with E-state index in [1.54, 1.807) is 0 Å². The molecule has 2 aromatic heterocycles. The monoisotopic (exact) mass is 387 g/mol. The fourth-order valence-corrected chi connectivity index (χ4v) is 4.00. The Balaban J connectivity index is 1.65. The lowest BCUT2D eigenvalue weighted by molar-refractivity contribution is -0.150. The second kappa shape index (κ2) is 7.33. The number of nitrogens with one attached hydrogen (secondary N) is 2. The predicted octanol–water partition coefficient (Wildman–Crippen LogP) is 3.83. The van der Waals surface area contributed by atoms with Gasteiger partial charge in [-0.25, -0.2) is 9.97 Å². The molecule has 1 atom stereocenters. The Kier molecular flexibility index (Phi) is 4.87. The van der Waals surface area contributed by atoms with E-state index in [0.29, 0.717) is 5.82 Å². The molecule has 1 saturated carbocycles. The van der Waals surface area contributed by atoms with Gasteiger partial charge in [-0.05, 0) is 30.9 Å². The van der Waals surface area contributed by atoms with Crippen LogP contribution in [0.15, 0.2) is 36.7 Å². The van der Waals surface area contributed by atoms with E-state index in [1.165, 1.54) is 19.4 Å². The summed E-state index contributed by atoms with van der Waals surface area (Å²) in [5, 5.41) is 2.58. The van der Waals surface area contributed by atoms with Crippen LogP contribution in [0.1, 0.15) is 49.8 Å². The number of para-hydroxylation sites is 2. The number of fused-ring (bicyclic) bond motifs is 1. The maximum atomic E-state index is 14.8. The van der Waals surface area contributed by atoms with Gasteiger partial charge in [0.2, 0.25) is 0 Å². The average molecular weight is 387 g/mol. The van der Waals surface area contributed by atoms with Crippen LogP contribution in [0.3, 0.4) is 0 Å². The Labute approximate surface area is 161 Å². The number of rotatable bonds is 5. The summed E-state index contributed by atoms with van der Waals surface area (Å²) in [5.41, 5.74) is 1.58.